The maximum Gasteiger partial charge on any atom is 0.310 e. The Morgan fingerprint density at radius 3 is 2.84 bits per heavy atom. The molecule has 5 heteroatoms. The Hall–Kier alpha value is -2.07. The van der Waals surface area contributed by atoms with Gasteiger partial charge < -0.3 is 9.47 Å². The summed E-state index contributed by atoms with van der Waals surface area (Å²) in [5, 5.41) is 0.489. The fourth-order valence-corrected chi connectivity index (χ4v) is 1.72. The number of nitrogens with zero attached hydrogens (tertiary/aromatic N) is 1. The molecule has 0 saturated heterocycles. The van der Waals surface area contributed by atoms with Crippen LogP contribution in [-0.2, 0) is 16.0 Å². The first-order valence-electron chi connectivity index (χ1n) is 5.62. The zero-order valence-electron chi connectivity index (χ0n) is 10.3. The van der Waals surface area contributed by atoms with Crippen molar-refractivity contribution in [3.8, 4) is 11.5 Å². The number of carbonyl (C=O) groups is 1. The van der Waals surface area contributed by atoms with Gasteiger partial charge in [0, 0.05) is 17.8 Å². The van der Waals surface area contributed by atoms with Gasteiger partial charge >= 0.3 is 5.97 Å². The summed E-state index contributed by atoms with van der Waals surface area (Å²) in [4.78, 5) is 15.3. The van der Waals surface area contributed by atoms with E-state index in [1.54, 1.807) is 18.3 Å². The number of para-hydroxylation sites is 1. The SMILES string of the molecule is COC(=O)Cc1ccccc1Oc1cncc(Cl)c1. The molecule has 2 rings (SSSR count). The lowest BCUT2D eigenvalue weighted by Gasteiger charge is -2.10. The number of methoxy groups -OCH3 is 1. The number of pyridine rings is 1. The Bertz CT molecular complexity index is 586. The van der Waals surface area contributed by atoms with Crippen molar-refractivity contribution >= 4 is 17.6 Å². The van der Waals surface area contributed by atoms with Gasteiger partial charge in [-0.3, -0.25) is 9.78 Å². The minimum absolute atomic E-state index is 0.153. The highest BCUT2D eigenvalue weighted by molar-refractivity contribution is 6.30. The van der Waals surface area contributed by atoms with Crippen LogP contribution in [0.2, 0.25) is 5.02 Å². The molecular weight excluding hydrogens is 266 g/mol. The first kappa shape index (κ1) is 13.4. The molecule has 0 N–H and O–H groups in total. The van der Waals surface area contributed by atoms with E-state index in [0.29, 0.717) is 16.5 Å². The number of hydrogen-bond donors (Lipinski definition) is 0. The van der Waals surface area contributed by atoms with Crippen molar-refractivity contribution in [3.63, 3.8) is 0 Å². The molecule has 2 aromatic rings. The molecule has 0 amide bonds. The first-order chi connectivity index (χ1) is 9.19. The molecule has 0 aliphatic rings. The van der Waals surface area contributed by atoms with Crippen LogP contribution in [0.1, 0.15) is 5.56 Å². The molecule has 0 spiro atoms. The Kier molecular flexibility index (Phi) is 4.36. The molecule has 0 fully saturated rings. The molecule has 0 aliphatic carbocycles. The number of hydrogen-bond acceptors (Lipinski definition) is 4. The number of rotatable bonds is 4. The van der Waals surface area contributed by atoms with E-state index in [1.165, 1.54) is 13.3 Å². The van der Waals surface area contributed by atoms with Crippen molar-refractivity contribution in [3.05, 3.63) is 53.3 Å². The second-order valence-electron chi connectivity index (χ2n) is 3.80. The van der Waals surface area contributed by atoms with E-state index in [4.69, 9.17) is 16.3 Å². The molecule has 0 unspecified atom stereocenters. The second-order valence-corrected chi connectivity index (χ2v) is 4.24. The Morgan fingerprint density at radius 1 is 1.32 bits per heavy atom. The van der Waals surface area contributed by atoms with Gasteiger partial charge in [0.1, 0.15) is 11.5 Å². The molecule has 0 radical (unpaired) electrons. The molecule has 0 aliphatic heterocycles. The monoisotopic (exact) mass is 277 g/mol. The summed E-state index contributed by atoms with van der Waals surface area (Å²) in [5.74, 6) is 0.780. The average Bonchev–Trinajstić information content (AvgIpc) is 2.41. The van der Waals surface area contributed by atoms with Gasteiger partial charge in [0.2, 0.25) is 0 Å². The van der Waals surface area contributed by atoms with Gasteiger partial charge in [-0.05, 0) is 6.07 Å². The van der Waals surface area contributed by atoms with E-state index in [1.807, 2.05) is 18.2 Å². The van der Waals surface area contributed by atoms with Crippen LogP contribution in [0.4, 0.5) is 0 Å². The molecule has 1 aromatic heterocycles. The molecule has 4 nitrogen and oxygen atoms in total. The summed E-state index contributed by atoms with van der Waals surface area (Å²) in [5.41, 5.74) is 0.745. The maximum atomic E-state index is 11.3. The van der Waals surface area contributed by atoms with Crippen LogP contribution < -0.4 is 4.74 Å². The number of halogens is 1. The lowest BCUT2D eigenvalue weighted by atomic mass is 10.1. The molecule has 19 heavy (non-hydrogen) atoms. The van der Waals surface area contributed by atoms with Crippen LogP contribution in [0.5, 0.6) is 11.5 Å². The lowest BCUT2D eigenvalue weighted by molar-refractivity contribution is -0.139. The minimum atomic E-state index is -0.319. The van der Waals surface area contributed by atoms with Gasteiger partial charge in [0.15, 0.2) is 0 Å². The predicted molar refractivity (Wildman–Crippen MR) is 71.5 cm³/mol. The van der Waals surface area contributed by atoms with E-state index < -0.39 is 0 Å². The van der Waals surface area contributed by atoms with Gasteiger partial charge in [-0.2, -0.15) is 0 Å². The smallest absolute Gasteiger partial charge is 0.310 e. The van der Waals surface area contributed by atoms with Crippen molar-refractivity contribution in [1.82, 2.24) is 4.98 Å². The average molecular weight is 278 g/mol. The van der Waals surface area contributed by atoms with Crippen LogP contribution >= 0.6 is 11.6 Å². The Labute approximate surface area is 115 Å². The van der Waals surface area contributed by atoms with Crippen molar-refractivity contribution in [2.45, 2.75) is 6.42 Å². The van der Waals surface area contributed by atoms with Gasteiger partial charge in [-0.25, -0.2) is 0 Å². The molecule has 0 bridgehead atoms. The molecule has 1 heterocycles. The predicted octanol–water partition coefficient (Wildman–Crippen LogP) is 3.24. The summed E-state index contributed by atoms with van der Waals surface area (Å²) < 4.78 is 10.3. The number of carbonyl (C=O) groups excluding carboxylic acids is 1. The van der Waals surface area contributed by atoms with Crippen molar-refractivity contribution in [2.75, 3.05) is 7.11 Å². The molecule has 0 atom stereocenters. The lowest BCUT2D eigenvalue weighted by Crippen LogP contribution is -2.05. The van der Waals surface area contributed by atoms with E-state index in [-0.39, 0.29) is 12.4 Å². The van der Waals surface area contributed by atoms with Crippen LogP contribution in [0, 0.1) is 0 Å². The van der Waals surface area contributed by atoms with E-state index >= 15 is 0 Å². The topological polar surface area (TPSA) is 48.4 Å². The van der Waals surface area contributed by atoms with E-state index in [0.717, 1.165) is 5.56 Å². The fraction of sp³-hybridized carbons (Fsp3) is 0.143. The molecule has 1 aromatic carbocycles. The van der Waals surface area contributed by atoms with E-state index in [9.17, 15) is 4.79 Å². The fourth-order valence-electron chi connectivity index (χ4n) is 1.55. The minimum Gasteiger partial charge on any atom is -0.469 e. The highest BCUT2D eigenvalue weighted by atomic mass is 35.5. The molecule has 98 valence electrons. The molecular formula is C14H12ClNO3. The van der Waals surface area contributed by atoms with Crippen LogP contribution in [0.15, 0.2) is 42.7 Å². The number of aromatic nitrogens is 1. The van der Waals surface area contributed by atoms with Crippen LogP contribution in [0.3, 0.4) is 0 Å². The third kappa shape index (κ3) is 3.69. The van der Waals surface area contributed by atoms with Gasteiger partial charge in [0.25, 0.3) is 0 Å². The van der Waals surface area contributed by atoms with Gasteiger partial charge in [-0.15, -0.1) is 0 Å². The molecule has 0 saturated carbocycles. The van der Waals surface area contributed by atoms with Crippen LogP contribution in [-0.4, -0.2) is 18.1 Å². The summed E-state index contributed by atoms with van der Waals surface area (Å²) >= 11 is 5.84. The largest absolute Gasteiger partial charge is 0.469 e. The van der Waals surface area contributed by atoms with Crippen molar-refractivity contribution in [1.29, 1.82) is 0 Å². The quantitative estimate of drug-likeness (QED) is 0.805. The van der Waals surface area contributed by atoms with Gasteiger partial charge in [0.05, 0.1) is 24.8 Å². The van der Waals surface area contributed by atoms with Gasteiger partial charge in [-0.1, -0.05) is 29.8 Å². The highest BCUT2D eigenvalue weighted by Crippen LogP contribution is 2.26. The number of esters is 1. The highest BCUT2D eigenvalue weighted by Gasteiger charge is 2.09. The number of ether oxygens (including phenoxy) is 2. The third-order valence-corrected chi connectivity index (χ3v) is 2.65. The zero-order valence-corrected chi connectivity index (χ0v) is 11.1. The summed E-state index contributed by atoms with van der Waals surface area (Å²) in [7, 11) is 1.35. The summed E-state index contributed by atoms with van der Waals surface area (Å²) in [6.45, 7) is 0. The third-order valence-electron chi connectivity index (χ3n) is 2.44. The van der Waals surface area contributed by atoms with Crippen molar-refractivity contribution < 1.29 is 14.3 Å². The van der Waals surface area contributed by atoms with E-state index in [2.05, 4.69) is 9.72 Å². The Balaban J connectivity index is 2.22. The number of benzene rings is 1. The first-order valence-corrected chi connectivity index (χ1v) is 6.00. The summed E-state index contributed by atoms with van der Waals surface area (Å²) in [6.07, 6.45) is 3.23. The summed E-state index contributed by atoms with van der Waals surface area (Å²) in [6, 6.07) is 8.91. The zero-order chi connectivity index (χ0) is 13.7. The standard InChI is InChI=1S/C14H12ClNO3/c1-18-14(17)6-10-4-2-3-5-13(10)19-12-7-11(15)8-16-9-12/h2-5,7-9H,6H2,1H3. The van der Waals surface area contributed by atoms with Crippen LogP contribution in [0.25, 0.3) is 0 Å². The Morgan fingerprint density at radius 2 is 2.11 bits per heavy atom. The maximum absolute atomic E-state index is 11.3. The normalized spacial score (nSPS) is 10.0. The second kappa shape index (κ2) is 6.20. The van der Waals surface area contributed by atoms with Crippen molar-refractivity contribution in [2.24, 2.45) is 0 Å².